The molecule has 0 aliphatic carbocycles. The van der Waals surface area contributed by atoms with Gasteiger partial charge in [0.05, 0.1) is 0 Å². The summed E-state index contributed by atoms with van der Waals surface area (Å²) in [6, 6.07) is 0. The third kappa shape index (κ3) is 2.78. The minimum atomic E-state index is -0.387. The van der Waals surface area contributed by atoms with Crippen molar-refractivity contribution in [3.63, 3.8) is 0 Å². The van der Waals surface area contributed by atoms with Crippen LogP contribution in [0, 0.1) is 17.9 Å². The summed E-state index contributed by atoms with van der Waals surface area (Å²) in [5.41, 5.74) is 0.534. The van der Waals surface area contributed by atoms with Crippen LogP contribution in [0.5, 0.6) is 5.88 Å². The molecule has 114 valence electrons. The molecule has 6 nitrogen and oxygen atoms in total. The van der Waals surface area contributed by atoms with Gasteiger partial charge in [-0.3, -0.25) is 9.78 Å². The maximum atomic E-state index is 12.5. The van der Waals surface area contributed by atoms with E-state index in [9.17, 15) is 9.90 Å². The molecule has 0 spiro atoms. The van der Waals surface area contributed by atoms with Crippen molar-refractivity contribution in [1.82, 2.24) is 19.6 Å². The summed E-state index contributed by atoms with van der Waals surface area (Å²) in [5.74, 6) is 0.00561. The van der Waals surface area contributed by atoms with Gasteiger partial charge in [0.25, 0.3) is 5.56 Å². The molecule has 1 aromatic carbocycles. The summed E-state index contributed by atoms with van der Waals surface area (Å²) in [4.78, 5) is 19.0. The van der Waals surface area contributed by atoms with E-state index >= 15 is 0 Å². The molecule has 0 fully saturated rings. The van der Waals surface area contributed by atoms with Gasteiger partial charge in [0, 0.05) is 23.4 Å². The van der Waals surface area contributed by atoms with E-state index in [1.807, 2.05) is 0 Å². The van der Waals surface area contributed by atoms with Crippen LogP contribution in [0.1, 0.15) is 0 Å². The Bertz CT molecular complexity index is 952. The molecule has 0 saturated heterocycles. The third-order valence-electron chi connectivity index (χ3n) is 2.88. The lowest BCUT2D eigenvalue weighted by Crippen LogP contribution is -2.15. The Labute approximate surface area is 191 Å². The van der Waals surface area contributed by atoms with Gasteiger partial charge in [-0.05, 0) is 113 Å². The van der Waals surface area contributed by atoms with Crippen LogP contribution in [0.15, 0.2) is 11.1 Å². The van der Waals surface area contributed by atoms with Crippen molar-refractivity contribution >= 4 is 119 Å². The largest absolute Gasteiger partial charge is 0.493 e. The van der Waals surface area contributed by atoms with Gasteiger partial charge in [0.15, 0.2) is 0 Å². The molecule has 3 rings (SSSR count). The number of fused-ring (bicyclic) bond motifs is 1. The Morgan fingerprint density at radius 2 is 1.50 bits per heavy atom. The van der Waals surface area contributed by atoms with Gasteiger partial charge in [0.2, 0.25) is 11.7 Å². The first kappa shape index (κ1) is 17.8. The minimum absolute atomic E-state index is 0.207. The Kier molecular flexibility index (Phi) is 5.46. The fraction of sp³-hybridized carbons (Fsp3) is 0. The molecule has 0 atom stereocenters. The Balaban J connectivity index is 2.50. The highest BCUT2D eigenvalue weighted by Gasteiger charge is 2.24. The van der Waals surface area contributed by atoms with E-state index in [2.05, 4.69) is 128 Å². The molecule has 0 aliphatic heterocycles. The number of aromatic amines is 1. The number of nitrogens with one attached hydrogen (secondary N) is 1. The molecule has 2 heterocycles. The summed E-state index contributed by atoms with van der Waals surface area (Å²) >= 11 is 11.2. The Hall–Kier alpha value is 1.02. The molecule has 0 aliphatic rings. The second-order valence-electron chi connectivity index (χ2n) is 4.09. The Morgan fingerprint density at radius 1 is 0.955 bits per heavy atom. The molecule has 0 radical (unpaired) electrons. The number of benzene rings is 1. The molecule has 11 heteroatoms. The second-order valence-corrected chi connectivity index (χ2v) is 9.49. The van der Waals surface area contributed by atoms with E-state index in [-0.39, 0.29) is 22.8 Å². The van der Waals surface area contributed by atoms with E-state index in [1.54, 1.807) is 0 Å². The lowest BCUT2D eigenvalue weighted by Gasteiger charge is -2.14. The normalized spacial score (nSPS) is 11.3. The van der Waals surface area contributed by atoms with Gasteiger partial charge < -0.3 is 5.11 Å². The van der Waals surface area contributed by atoms with Gasteiger partial charge in [-0.25, -0.2) is 0 Å². The number of hydrogen-bond acceptors (Lipinski definition) is 4. The maximum absolute atomic E-state index is 12.5. The molecule has 2 aromatic heterocycles. The first-order valence-corrected chi connectivity index (χ1v) is 10.9. The minimum Gasteiger partial charge on any atom is -0.493 e. The predicted molar refractivity (Wildman–Crippen MR) is 124 cm³/mol. The van der Waals surface area contributed by atoms with Crippen LogP contribution in [0.4, 0.5) is 0 Å². The Morgan fingerprint density at radius 3 is 2.09 bits per heavy atom. The van der Waals surface area contributed by atoms with Crippen LogP contribution >= 0.6 is 113 Å². The summed E-state index contributed by atoms with van der Waals surface area (Å²) < 4.78 is 6.31. The van der Waals surface area contributed by atoms with Gasteiger partial charge in [0.1, 0.15) is 11.9 Å². The van der Waals surface area contributed by atoms with Crippen LogP contribution in [-0.2, 0) is 0 Å². The van der Waals surface area contributed by atoms with Crippen LogP contribution in [-0.4, -0.2) is 24.7 Å². The van der Waals surface area contributed by atoms with E-state index in [1.165, 1.54) is 10.8 Å². The zero-order valence-electron chi connectivity index (χ0n) is 10.2. The van der Waals surface area contributed by atoms with Crippen molar-refractivity contribution in [2.75, 3.05) is 0 Å². The number of rotatable bonds is 1. The van der Waals surface area contributed by atoms with E-state index in [0.29, 0.717) is 5.56 Å². The van der Waals surface area contributed by atoms with Crippen molar-refractivity contribution < 1.29 is 5.11 Å². The van der Waals surface area contributed by atoms with Crippen molar-refractivity contribution in [3.05, 3.63) is 34.5 Å². The standard InChI is InChI=1S/C11H3I5N4O2/c12-4-2(5(13)7(15)8(16)6(4)14)3-9(21)19-11-17-1-18-20(11)10(3)22/h1,22H,(H,17,18,19,21). The highest BCUT2D eigenvalue weighted by Crippen LogP contribution is 2.40. The molecule has 0 amide bonds. The molecular formula is C11H3I5N4O2. The van der Waals surface area contributed by atoms with E-state index in [0.717, 1.165) is 17.9 Å². The van der Waals surface area contributed by atoms with E-state index < -0.39 is 0 Å². The van der Waals surface area contributed by atoms with Crippen molar-refractivity contribution in [2.45, 2.75) is 0 Å². The SMILES string of the molecule is O=c1[nH]c2ncnn2c(O)c1-c1c(I)c(I)c(I)c(I)c1I. The quantitative estimate of drug-likeness (QED) is 0.222. The number of halogens is 5. The van der Waals surface area contributed by atoms with Crippen LogP contribution < -0.4 is 5.56 Å². The molecule has 0 bridgehead atoms. The zero-order chi connectivity index (χ0) is 16.2. The van der Waals surface area contributed by atoms with Crippen LogP contribution in [0.2, 0.25) is 0 Å². The first-order chi connectivity index (χ1) is 10.3. The molecule has 0 saturated carbocycles. The highest BCUT2D eigenvalue weighted by atomic mass is 127. The van der Waals surface area contributed by atoms with Crippen molar-refractivity contribution in [3.8, 4) is 17.0 Å². The molecule has 3 aromatic rings. The predicted octanol–water partition coefficient (Wildman–Crippen LogP) is 3.81. The summed E-state index contributed by atoms with van der Waals surface area (Å²) in [7, 11) is 0. The lowest BCUT2D eigenvalue weighted by molar-refractivity contribution is 0.436. The zero-order valence-corrected chi connectivity index (χ0v) is 21.0. The third-order valence-corrected chi connectivity index (χ3v) is 12.4. The highest BCUT2D eigenvalue weighted by molar-refractivity contribution is 14.1. The number of aromatic nitrogens is 4. The van der Waals surface area contributed by atoms with Gasteiger partial charge >= 0.3 is 0 Å². The molecule has 0 unspecified atom stereocenters. The summed E-state index contributed by atoms with van der Waals surface area (Å²) in [6.45, 7) is 0. The topological polar surface area (TPSA) is 83.3 Å². The number of aromatic hydroxyl groups is 1. The fourth-order valence-corrected chi connectivity index (χ4v) is 7.20. The van der Waals surface area contributed by atoms with Gasteiger partial charge in [-0.15, -0.1) is 0 Å². The molecular weight excluding hydrogens is 855 g/mol. The van der Waals surface area contributed by atoms with Crippen molar-refractivity contribution in [1.29, 1.82) is 0 Å². The lowest BCUT2D eigenvalue weighted by atomic mass is 10.1. The fourth-order valence-electron chi connectivity index (χ4n) is 1.90. The number of H-pyrrole nitrogens is 1. The molecule has 22 heavy (non-hydrogen) atoms. The average Bonchev–Trinajstić information content (AvgIpc) is 2.95. The monoisotopic (exact) mass is 858 g/mol. The van der Waals surface area contributed by atoms with Crippen LogP contribution in [0.25, 0.3) is 16.9 Å². The first-order valence-electron chi connectivity index (χ1n) is 5.51. The van der Waals surface area contributed by atoms with Crippen molar-refractivity contribution in [2.24, 2.45) is 0 Å². The second kappa shape index (κ2) is 6.73. The number of nitrogens with zero attached hydrogens (tertiary/aromatic N) is 3. The summed E-state index contributed by atoms with van der Waals surface area (Å²) in [5, 5.41) is 14.4. The van der Waals surface area contributed by atoms with Gasteiger partial charge in [-0.2, -0.15) is 14.6 Å². The van der Waals surface area contributed by atoms with Gasteiger partial charge in [-0.1, -0.05) is 0 Å². The summed E-state index contributed by atoms with van der Waals surface area (Å²) in [6.07, 6.45) is 1.28. The number of hydrogen-bond donors (Lipinski definition) is 2. The molecule has 2 N–H and O–H groups in total. The average molecular weight is 858 g/mol. The van der Waals surface area contributed by atoms with E-state index in [4.69, 9.17) is 0 Å². The van der Waals surface area contributed by atoms with Crippen LogP contribution in [0.3, 0.4) is 0 Å². The smallest absolute Gasteiger partial charge is 0.264 e. The maximum Gasteiger partial charge on any atom is 0.264 e.